The van der Waals surface area contributed by atoms with E-state index in [4.69, 9.17) is 5.11 Å². The number of carbonyl (C=O) groups excluding carboxylic acids is 3. The Hall–Kier alpha value is -1.57. The zero-order valence-electron chi connectivity index (χ0n) is 11.5. The molecule has 0 atom stereocenters. The number of hydrogen-bond acceptors (Lipinski definition) is 5. The standard InChI is InChI=1S/C12H18N2O5S/c1-12(2,11(18)19)20-7-9(16)13-8(15)6-14-5-3-4-10(14)17/h3-7H2,1-2H3,(H,18,19)(H,13,15,16). The van der Waals surface area contributed by atoms with Crippen LogP contribution < -0.4 is 5.32 Å². The largest absolute Gasteiger partial charge is 0.480 e. The summed E-state index contributed by atoms with van der Waals surface area (Å²) >= 11 is 0.936. The van der Waals surface area contributed by atoms with Gasteiger partial charge in [0.1, 0.15) is 4.75 Å². The summed E-state index contributed by atoms with van der Waals surface area (Å²) in [6.45, 7) is 3.37. The van der Waals surface area contributed by atoms with E-state index in [2.05, 4.69) is 5.32 Å². The fourth-order valence-corrected chi connectivity index (χ4v) is 2.27. The Balaban J connectivity index is 2.33. The highest BCUT2D eigenvalue weighted by Gasteiger charge is 2.29. The Bertz CT molecular complexity index is 436. The van der Waals surface area contributed by atoms with Crippen molar-refractivity contribution >= 4 is 35.5 Å². The molecular formula is C12H18N2O5S. The molecule has 1 fully saturated rings. The van der Waals surface area contributed by atoms with Crippen molar-refractivity contribution in [1.29, 1.82) is 0 Å². The lowest BCUT2D eigenvalue weighted by Gasteiger charge is -2.18. The Labute approximate surface area is 121 Å². The molecule has 112 valence electrons. The molecule has 8 heteroatoms. The highest BCUT2D eigenvalue weighted by atomic mass is 32.2. The summed E-state index contributed by atoms with van der Waals surface area (Å²) < 4.78 is -1.09. The van der Waals surface area contributed by atoms with Gasteiger partial charge < -0.3 is 10.0 Å². The summed E-state index contributed by atoms with van der Waals surface area (Å²) in [7, 11) is 0. The van der Waals surface area contributed by atoms with Gasteiger partial charge in [0.25, 0.3) is 0 Å². The van der Waals surface area contributed by atoms with Gasteiger partial charge in [0, 0.05) is 13.0 Å². The summed E-state index contributed by atoms with van der Waals surface area (Å²) in [6.07, 6.45) is 1.16. The average Bonchev–Trinajstić information content (AvgIpc) is 2.72. The van der Waals surface area contributed by atoms with Crippen LogP contribution in [0.15, 0.2) is 0 Å². The maximum Gasteiger partial charge on any atom is 0.319 e. The van der Waals surface area contributed by atoms with Crippen LogP contribution in [0, 0.1) is 0 Å². The lowest BCUT2D eigenvalue weighted by molar-refractivity contribution is -0.138. The average molecular weight is 302 g/mol. The number of carboxylic acid groups (broad SMARTS) is 1. The van der Waals surface area contributed by atoms with E-state index in [1.807, 2.05) is 0 Å². The maximum absolute atomic E-state index is 11.6. The molecule has 0 aliphatic carbocycles. The van der Waals surface area contributed by atoms with Crippen molar-refractivity contribution in [3.05, 3.63) is 0 Å². The number of amides is 3. The first-order valence-electron chi connectivity index (χ1n) is 6.20. The molecule has 0 radical (unpaired) electrons. The van der Waals surface area contributed by atoms with Crippen LogP contribution in [0.5, 0.6) is 0 Å². The number of aliphatic carboxylic acids is 1. The van der Waals surface area contributed by atoms with Crippen LogP contribution >= 0.6 is 11.8 Å². The Kier molecular flexibility index (Phi) is 5.55. The van der Waals surface area contributed by atoms with Gasteiger partial charge in [-0.15, -0.1) is 11.8 Å². The third-order valence-corrected chi connectivity index (χ3v) is 4.17. The van der Waals surface area contributed by atoms with E-state index in [1.165, 1.54) is 18.7 Å². The first-order chi connectivity index (χ1) is 9.22. The lowest BCUT2D eigenvalue weighted by Crippen LogP contribution is -2.41. The van der Waals surface area contributed by atoms with Crippen LogP contribution in [0.3, 0.4) is 0 Å². The van der Waals surface area contributed by atoms with E-state index in [0.29, 0.717) is 13.0 Å². The first kappa shape index (κ1) is 16.5. The van der Waals surface area contributed by atoms with Crippen molar-refractivity contribution in [2.24, 2.45) is 0 Å². The molecule has 1 aliphatic heterocycles. The second-order valence-electron chi connectivity index (χ2n) is 4.99. The van der Waals surface area contributed by atoms with Crippen LogP contribution in [0.4, 0.5) is 0 Å². The number of rotatable bonds is 6. The van der Waals surface area contributed by atoms with E-state index in [0.717, 1.165) is 18.2 Å². The zero-order chi connectivity index (χ0) is 15.3. The zero-order valence-corrected chi connectivity index (χ0v) is 12.3. The van der Waals surface area contributed by atoms with E-state index >= 15 is 0 Å². The third kappa shape index (κ3) is 4.84. The van der Waals surface area contributed by atoms with Crippen molar-refractivity contribution in [2.45, 2.75) is 31.4 Å². The molecule has 0 saturated carbocycles. The van der Waals surface area contributed by atoms with Gasteiger partial charge >= 0.3 is 5.97 Å². The molecule has 0 unspecified atom stereocenters. The Morgan fingerprint density at radius 3 is 2.50 bits per heavy atom. The van der Waals surface area contributed by atoms with Gasteiger partial charge in [-0.2, -0.15) is 0 Å². The number of carbonyl (C=O) groups is 4. The second kappa shape index (κ2) is 6.74. The van der Waals surface area contributed by atoms with Crippen LogP contribution in [0.25, 0.3) is 0 Å². The summed E-state index contributed by atoms with van der Waals surface area (Å²) in [5.74, 6) is -2.34. The highest BCUT2D eigenvalue weighted by molar-refractivity contribution is 8.01. The fourth-order valence-electron chi connectivity index (χ4n) is 1.58. The van der Waals surface area contributed by atoms with Crippen molar-refractivity contribution in [1.82, 2.24) is 10.2 Å². The monoisotopic (exact) mass is 302 g/mol. The van der Waals surface area contributed by atoms with E-state index in [-0.39, 0.29) is 18.2 Å². The number of nitrogens with one attached hydrogen (secondary N) is 1. The molecule has 1 saturated heterocycles. The maximum atomic E-state index is 11.6. The van der Waals surface area contributed by atoms with Crippen LogP contribution in [-0.4, -0.2) is 57.3 Å². The smallest absolute Gasteiger partial charge is 0.319 e. The number of imide groups is 1. The van der Waals surface area contributed by atoms with E-state index in [1.54, 1.807) is 0 Å². The second-order valence-corrected chi connectivity index (χ2v) is 6.59. The Morgan fingerprint density at radius 2 is 2.00 bits per heavy atom. The van der Waals surface area contributed by atoms with Crippen molar-refractivity contribution in [3.8, 4) is 0 Å². The summed E-state index contributed by atoms with van der Waals surface area (Å²) in [4.78, 5) is 46.7. The molecule has 0 spiro atoms. The normalized spacial score (nSPS) is 15.3. The minimum Gasteiger partial charge on any atom is -0.480 e. The first-order valence-corrected chi connectivity index (χ1v) is 7.19. The quantitative estimate of drug-likeness (QED) is 0.707. The molecule has 0 aromatic heterocycles. The number of likely N-dealkylation sites (tertiary alicyclic amines) is 1. The number of thioether (sulfide) groups is 1. The highest BCUT2D eigenvalue weighted by Crippen LogP contribution is 2.23. The molecule has 0 bridgehead atoms. The van der Waals surface area contributed by atoms with Crippen molar-refractivity contribution in [3.63, 3.8) is 0 Å². The summed E-state index contributed by atoms with van der Waals surface area (Å²) in [5, 5.41) is 11.0. The van der Waals surface area contributed by atoms with Crippen LogP contribution in [0.2, 0.25) is 0 Å². The van der Waals surface area contributed by atoms with Crippen LogP contribution in [0.1, 0.15) is 26.7 Å². The van der Waals surface area contributed by atoms with Gasteiger partial charge in [0.05, 0.1) is 12.3 Å². The predicted octanol–water partition coefficient (Wildman–Crippen LogP) is -0.152. The molecule has 2 N–H and O–H groups in total. The summed E-state index contributed by atoms with van der Waals surface area (Å²) in [6, 6.07) is 0. The van der Waals surface area contributed by atoms with Gasteiger partial charge in [0.2, 0.25) is 17.7 Å². The van der Waals surface area contributed by atoms with Crippen molar-refractivity contribution in [2.75, 3.05) is 18.8 Å². The van der Waals surface area contributed by atoms with Gasteiger partial charge in [-0.3, -0.25) is 24.5 Å². The lowest BCUT2D eigenvalue weighted by atomic mass is 10.2. The minimum absolute atomic E-state index is 0.0889. The molecule has 1 aliphatic rings. The molecule has 3 amide bonds. The Morgan fingerprint density at radius 1 is 1.35 bits per heavy atom. The van der Waals surface area contributed by atoms with Gasteiger partial charge in [-0.1, -0.05) is 0 Å². The van der Waals surface area contributed by atoms with Crippen molar-refractivity contribution < 1.29 is 24.3 Å². The predicted molar refractivity (Wildman–Crippen MR) is 73.1 cm³/mol. The number of hydrogen-bond donors (Lipinski definition) is 2. The van der Waals surface area contributed by atoms with E-state index in [9.17, 15) is 19.2 Å². The molecule has 1 rings (SSSR count). The van der Waals surface area contributed by atoms with Gasteiger partial charge in [-0.25, -0.2) is 0 Å². The number of nitrogens with zero attached hydrogens (tertiary/aromatic N) is 1. The summed E-state index contributed by atoms with van der Waals surface area (Å²) in [5.41, 5.74) is 0. The molecule has 20 heavy (non-hydrogen) atoms. The van der Waals surface area contributed by atoms with Gasteiger partial charge in [0.15, 0.2) is 0 Å². The third-order valence-electron chi connectivity index (χ3n) is 2.86. The molecule has 7 nitrogen and oxygen atoms in total. The van der Waals surface area contributed by atoms with Crippen LogP contribution in [-0.2, 0) is 19.2 Å². The number of carboxylic acids is 1. The molecule has 0 aromatic carbocycles. The SMILES string of the molecule is CC(C)(SCC(=O)NC(=O)CN1CCCC1=O)C(=O)O. The fraction of sp³-hybridized carbons (Fsp3) is 0.667. The minimum atomic E-state index is -1.09. The molecule has 0 aromatic rings. The topological polar surface area (TPSA) is 104 Å². The molecule has 1 heterocycles. The van der Waals surface area contributed by atoms with Gasteiger partial charge in [-0.05, 0) is 20.3 Å². The molecular weight excluding hydrogens is 284 g/mol. The van der Waals surface area contributed by atoms with E-state index < -0.39 is 22.5 Å².